The third-order valence-electron chi connectivity index (χ3n) is 5.07. The molecule has 1 fully saturated rings. The lowest BCUT2D eigenvalue weighted by Gasteiger charge is -2.35. The topological polar surface area (TPSA) is 65.5 Å². The first-order chi connectivity index (χ1) is 14.1. The van der Waals surface area contributed by atoms with Crippen molar-refractivity contribution in [1.82, 2.24) is 15.2 Å². The highest BCUT2D eigenvalue weighted by Gasteiger charge is 2.24. The molecule has 1 saturated heterocycles. The minimum atomic E-state index is -0.0796. The van der Waals surface area contributed by atoms with Crippen molar-refractivity contribution in [3.63, 3.8) is 0 Å². The van der Waals surface area contributed by atoms with Crippen LogP contribution in [0.3, 0.4) is 0 Å². The molecule has 6 nitrogen and oxygen atoms in total. The monoisotopic (exact) mass is 458 g/mol. The van der Waals surface area contributed by atoms with Crippen LogP contribution in [0.5, 0.6) is 0 Å². The number of aromatic nitrogens is 1. The van der Waals surface area contributed by atoms with Gasteiger partial charge in [-0.3, -0.25) is 9.59 Å². The van der Waals surface area contributed by atoms with Crippen LogP contribution < -0.4 is 10.2 Å². The highest BCUT2D eigenvalue weighted by Crippen LogP contribution is 2.20. The van der Waals surface area contributed by atoms with Crippen molar-refractivity contribution in [3.05, 3.63) is 58.2 Å². The normalized spacial score (nSPS) is 14.0. The van der Waals surface area contributed by atoms with E-state index in [2.05, 4.69) is 38.1 Å². The van der Waals surface area contributed by atoms with Crippen molar-refractivity contribution >= 4 is 33.6 Å². The van der Waals surface area contributed by atoms with E-state index in [0.29, 0.717) is 43.9 Å². The van der Waals surface area contributed by atoms with Gasteiger partial charge in [-0.1, -0.05) is 31.9 Å². The van der Waals surface area contributed by atoms with Gasteiger partial charge in [-0.05, 0) is 46.6 Å². The zero-order chi connectivity index (χ0) is 20.6. The summed E-state index contributed by atoms with van der Waals surface area (Å²) in [6.45, 7) is 5.54. The lowest BCUT2D eigenvalue weighted by atomic mass is 10.2. The summed E-state index contributed by atoms with van der Waals surface area (Å²) in [5.74, 6) is 0.796. The number of rotatable bonds is 7. The van der Waals surface area contributed by atoms with Gasteiger partial charge in [0.2, 0.25) is 0 Å². The lowest BCUT2D eigenvalue weighted by Crippen LogP contribution is -2.49. The smallest absolute Gasteiger partial charge is 0.255 e. The molecule has 3 rings (SSSR count). The third-order valence-corrected chi connectivity index (χ3v) is 5.76. The Kier molecular flexibility index (Phi) is 7.63. The van der Waals surface area contributed by atoms with Gasteiger partial charge in [-0.2, -0.15) is 0 Å². The lowest BCUT2D eigenvalue weighted by molar-refractivity contribution is 0.0745. The molecule has 0 atom stereocenters. The van der Waals surface area contributed by atoms with E-state index < -0.39 is 0 Å². The average molecular weight is 459 g/mol. The Morgan fingerprint density at radius 1 is 1.07 bits per heavy atom. The van der Waals surface area contributed by atoms with Gasteiger partial charge in [-0.25, -0.2) is 4.98 Å². The summed E-state index contributed by atoms with van der Waals surface area (Å²) in [6.07, 6.45) is 4.88. The number of nitrogens with zero attached hydrogens (tertiary/aromatic N) is 3. The maximum Gasteiger partial charge on any atom is 0.255 e. The van der Waals surface area contributed by atoms with Gasteiger partial charge in [0.1, 0.15) is 5.82 Å². The van der Waals surface area contributed by atoms with Crippen molar-refractivity contribution in [3.8, 4) is 0 Å². The molecule has 1 aliphatic rings. The first-order valence-corrected chi connectivity index (χ1v) is 10.9. The molecule has 0 unspecified atom stereocenters. The summed E-state index contributed by atoms with van der Waals surface area (Å²) in [5, 5.41) is 2.93. The third kappa shape index (κ3) is 5.56. The fourth-order valence-electron chi connectivity index (χ4n) is 3.33. The molecule has 1 N–H and O–H groups in total. The molecule has 1 aromatic heterocycles. The number of carbonyl (C=O) groups excluding carboxylic acids is 2. The predicted molar refractivity (Wildman–Crippen MR) is 118 cm³/mol. The van der Waals surface area contributed by atoms with Gasteiger partial charge in [-0.15, -0.1) is 0 Å². The minimum absolute atomic E-state index is 0.0418. The number of nitrogens with one attached hydrogen (secondary N) is 1. The number of hydrogen-bond donors (Lipinski definition) is 1. The van der Waals surface area contributed by atoms with Crippen molar-refractivity contribution in [1.29, 1.82) is 0 Å². The molecule has 7 heteroatoms. The summed E-state index contributed by atoms with van der Waals surface area (Å²) >= 11 is 3.45. The molecule has 1 aromatic carbocycles. The zero-order valence-electron chi connectivity index (χ0n) is 16.7. The Labute approximate surface area is 180 Å². The molecule has 154 valence electrons. The summed E-state index contributed by atoms with van der Waals surface area (Å²) in [6, 6.07) is 11.2. The van der Waals surface area contributed by atoms with E-state index in [1.807, 2.05) is 41.3 Å². The van der Waals surface area contributed by atoms with E-state index in [1.54, 1.807) is 6.20 Å². The first kappa shape index (κ1) is 21.3. The SMILES string of the molecule is CCCCCNC(=O)c1ccc(N2CCN(C(=O)c3ccccc3Br)CC2)nc1. The minimum Gasteiger partial charge on any atom is -0.353 e. The van der Waals surface area contributed by atoms with E-state index in [4.69, 9.17) is 0 Å². The van der Waals surface area contributed by atoms with Crippen LogP contribution >= 0.6 is 15.9 Å². The summed E-state index contributed by atoms with van der Waals surface area (Å²) in [5.41, 5.74) is 1.27. The number of pyridine rings is 1. The molecule has 2 aromatic rings. The zero-order valence-corrected chi connectivity index (χ0v) is 18.3. The summed E-state index contributed by atoms with van der Waals surface area (Å²) in [7, 11) is 0. The Morgan fingerprint density at radius 3 is 2.48 bits per heavy atom. The van der Waals surface area contributed by atoms with Crippen molar-refractivity contribution in [2.45, 2.75) is 26.2 Å². The van der Waals surface area contributed by atoms with E-state index in [1.165, 1.54) is 0 Å². The van der Waals surface area contributed by atoms with Crippen LogP contribution in [-0.4, -0.2) is 54.4 Å². The maximum atomic E-state index is 12.7. The number of carbonyl (C=O) groups is 2. The molecule has 0 radical (unpaired) electrons. The molecule has 0 saturated carbocycles. The van der Waals surface area contributed by atoms with Crippen molar-refractivity contribution in [2.24, 2.45) is 0 Å². The molecular weight excluding hydrogens is 432 g/mol. The molecule has 1 aliphatic heterocycles. The Balaban J connectivity index is 1.52. The van der Waals surface area contributed by atoms with Gasteiger partial charge < -0.3 is 15.1 Å². The van der Waals surface area contributed by atoms with Gasteiger partial charge in [0.15, 0.2) is 0 Å². The van der Waals surface area contributed by atoms with Crippen LogP contribution in [0.4, 0.5) is 5.82 Å². The van der Waals surface area contributed by atoms with Crippen LogP contribution in [0.25, 0.3) is 0 Å². The second-order valence-corrected chi connectivity index (χ2v) is 7.98. The van der Waals surface area contributed by atoms with Crippen LogP contribution in [0.15, 0.2) is 47.1 Å². The molecule has 0 bridgehead atoms. The van der Waals surface area contributed by atoms with Crippen LogP contribution in [0.2, 0.25) is 0 Å². The second kappa shape index (κ2) is 10.4. The van der Waals surface area contributed by atoms with E-state index >= 15 is 0 Å². The number of benzene rings is 1. The molecule has 0 aliphatic carbocycles. The van der Waals surface area contributed by atoms with E-state index in [9.17, 15) is 9.59 Å². The number of hydrogen-bond acceptors (Lipinski definition) is 4. The fourth-order valence-corrected chi connectivity index (χ4v) is 3.78. The molecule has 2 heterocycles. The number of unbranched alkanes of at least 4 members (excludes halogenated alkanes) is 2. The highest BCUT2D eigenvalue weighted by atomic mass is 79.9. The molecular formula is C22H27BrN4O2. The fraction of sp³-hybridized carbons (Fsp3) is 0.409. The average Bonchev–Trinajstić information content (AvgIpc) is 2.77. The predicted octanol–water partition coefficient (Wildman–Crippen LogP) is 3.73. The Hall–Kier alpha value is -2.41. The van der Waals surface area contributed by atoms with E-state index in [-0.39, 0.29) is 11.8 Å². The van der Waals surface area contributed by atoms with Crippen LogP contribution in [0.1, 0.15) is 46.9 Å². The largest absolute Gasteiger partial charge is 0.353 e. The number of halogens is 1. The summed E-state index contributed by atoms with van der Waals surface area (Å²) in [4.78, 5) is 33.4. The summed E-state index contributed by atoms with van der Waals surface area (Å²) < 4.78 is 0.817. The molecule has 29 heavy (non-hydrogen) atoms. The van der Waals surface area contributed by atoms with Crippen LogP contribution in [0, 0.1) is 0 Å². The second-order valence-electron chi connectivity index (χ2n) is 7.13. The maximum absolute atomic E-state index is 12.7. The van der Waals surface area contributed by atoms with Gasteiger partial charge in [0.25, 0.3) is 11.8 Å². The van der Waals surface area contributed by atoms with Gasteiger partial charge in [0, 0.05) is 43.4 Å². The number of piperazine rings is 1. The standard InChI is InChI=1S/C22H27BrN4O2/c1-2-3-6-11-24-21(28)17-9-10-20(25-16-17)26-12-14-27(15-13-26)22(29)18-7-4-5-8-19(18)23/h4-5,7-10,16H,2-3,6,11-15H2,1H3,(H,24,28). The highest BCUT2D eigenvalue weighted by molar-refractivity contribution is 9.10. The van der Waals surface area contributed by atoms with Crippen molar-refractivity contribution < 1.29 is 9.59 Å². The first-order valence-electron chi connectivity index (χ1n) is 10.1. The Morgan fingerprint density at radius 2 is 1.83 bits per heavy atom. The number of anilines is 1. The van der Waals surface area contributed by atoms with Crippen molar-refractivity contribution in [2.75, 3.05) is 37.6 Å². The number of amides is 2. The quantitative estimate of drug-likeness (QED) is 0.641. The van der Waals surface area contributed by atoms with Gasteiger partial charge in [0.05, 0.1) is 11.1 Å². The van der Waals surface area contributed by atoms with E-state index in [0.717, 1.165) is 29.6 Å². The Bertz CT molecular complexity index is 833. The molecule has 2 amide bonds. The molecule has 0 spiro atoms. The van der Waals surface area contributed by atoms with Crippen LogP contribution in [-0.2, 0) is 0 Å². The van der Waals surface area contributed by atoms with Gasteiger partial charge >= 0.3 is 0 Å².